The third kappa shape index (κ3) is 2.88. The molecule has 0 fully saturated rings. The number of nitrogens with zero attached hydrogens (tertiary/aromatic N) is 1. The van der Waals surface area contributed by atoms with Gasteiger partial charge in [-0.15, -0.1) is 11.3 Å². The molecule has 1 amide bonds. The van der Waals surface area contributed by atoms with Crippen molar-refractivity contribution < 1.29 is 19.1 Å². The van der Waals surface area contributed by atoms with Crippen molar-refractivity contribution in [2.45, 2.75) is 26.3 Å². The number of carboxylic acids is 1. The van der Waals surface area contributed by atoms with Crippen molar-refractivity contribution in [2.75, 3.05) is 0 Å². The lowest BCUT2D eigenvalue weighted by Crippen LogP contribution is -2.40. The second-order valence-electron chi connectivity index (χ2n) is 4.17. The van der Waals surface area contributed by atoms with Gasteiger partial charge in [-0.25, -0.2) is 9.78 Å². The summed E-state index contributed by atoms with van der Waals surface area (Å²) < 4.78 is 5.23. The molecule has 0 aliphatic carbocycles. The van der Waals surface area contributed by atoms with Gasteiger partial charge in [-0.05, 0) is 25.5 Å². The average Bonchev–Trinajstić information content (AvgIpc) is 3.03. The van der Waals surface area contributed by atoms with E-state index in [9.17, 15) is 9.59 Å². The van der Waals surface area contributed by atoms with Crippen LogP contribution in [0.1, 0.15) is 28.7 Å². The number of amides is 1. The highest BCUT2D eigenvalue weighted by molar-refractivity contribution is 7.15. The number of hydrogen-bond donors (Lipinski definition) is 2. The van der Waals surface area contributed by atoms with E-state index in [-0.39, 0.29) is 5.69 Å². The van der Waals surface area contributed by atoms with Crippen molar-refractivity contribution in [3.63, 3.8) is 0 Å². The fraction of sp³-hybridized carbons (Fsp3) is 0.308. The second kappa shape index (κ2) is 5.87. The van der Waals surface area contributed by atoms with E-state index >= 15 is 0 Å². The number of carbonyl (C=O) groups is 2. The molecule has 6 nitrogen and oxygen atoms in total. The van der Waals surface area contributed by atoms with Crippen LogP contribution < -0.4 is 5.32 Å². The number of carboxylic acid groups (broad SMARTS) is 1. The molecule has 0 spiro atoms. The van der Waals surface area contributed by atoms with Crippen LogP contribution in [0.4, 0.5) is 0 Å². The largest absolute Gasteiger partial charge is 0.480 e. The van der Waals surface area contributed by atoms with Crippen molar-refractivity contribution in [2.24, 2.45) is 0 Å². The summed E-state index contributed by atoms with van der Waals surface area (Å²) in [7, 11) is 0. The molecule has 0 unspecified atom stereocenters. The number of aryl methyl sites for hydroxylation is 1. The van der Waals surface area contributed by atoms with Crippen molar-refractivity contribution in [1.29, 1.82) is 0 Å². The van der Waals surface area contributed by atoms with Crippen LogP contribution in [0.25, 0.3) is 10.8 Å². The molecule has 1 atom stereocenters. The lowest BCUT2D eigenvalue weighted by Gasteiger charge is -2.11. The van der Waals surface area contributed by atoms with E-state index in [4.69, 9.17) is 9.52 Å². The van der Waals surface area contributed by atoms with Crippen molar-refractivity contribution in [3.8, 4) is 10.8 Å². The van der Waals surface area contributed by atoms with E-state index in [1.165, 1.54) is 17.6 Å². The molecule has 2 aromatic heterocycles. The first kappa shape index (κ1) is 14.3. The fourth-order valence-electron chi connectivity index (χ4n) is 1.68. The normalized spacial score (nSPS) is 12.1. The summed E-state index contributed by atoms with van der Waals surface area (Å²) in [5.41, 5.74) is 0.237. The fourth-order valence-corrected chi connectivity index (χ4v) is 2.56. The van der Waals surface area contributed by atoms with Crippen LogP contribution in [0.2, 0.25) is 0 Å². The maximum absolute atomic E-state index is 12.1. The van der Waals surface area contributed by atoms with Crippen molar-refractivity contribution in [3.05, 3.63) is 29.0 Å². The summed E-state index contributed by atoms with van der Waals surface area (Å²) in [4.78, 5) is 27.9. The SMILES string of the molecule is CC[C@@H](NC(=O)c1nc(-c2ccco2)sc1C)C(=O)O. The van der Waals surface area contributed by atoms with Crippen LogP contribution in [0.15, 0.2) is 22.8 Å². The molecule has 20 heavy (non-hydrogen) atoms. The summed E-state index contributed by atoms with van der Waals surface area (Å²) >= 11 is 1.33. The second-order valence-corrected chi connectivity index (χ2v) is 5.38. The summed E-state index contributed by atoms with van der Waals surface area (Å²) in [6.45, 7) is 3.46. The zero-order valence-corrected chi connectivity index (χ0v) is 11.9. The average molecular weight is 294 g/mol. The first-order valence-corrected chi connectivity index (χ1v) is 6.89. The van der Waals surface area contributed by atoms with Gasteiger partial charge in [0.25, 0.3) is 5.91 Å². The monoisotopic (exact) mass is 294 g/mol. The topological polar surface area (TPSA) is 92.4 Å². The van der Waals surface area contributed by atoms with Crippen LogP contribution in [-0.4, -0.2) is 28.0 Å². The highest BCUT2D eigenvalue weighted by Crippen LogP contribution is 2.27. The zero-order valence-electron chi connectivity index (χ0n) is 11.0. The van der Waals surface area contributed by atoms with E-state index in [0.29, 0.717) is 22.1 Å². The number of aromatic nitrogens is 1. The predicted octanol–water partition coefficient (Wildman–Crippen LogP) is 2.30. The van der Waals surface area contributed by atoms with Crippen LogP contribution in [0.3, 0.4) is 0 Å². The summed E-state index contributed by atoms with van der Waals surface area (Å²) in [6, 6.07) is 2.59. The summed E-state index contributed by atoms with van der Waals surface area (Å²) in [5, 5.41) is 12.0. The number of rotatable bonds is 5. The van der Waals surface area contributed by atoms with Gasteiger partial charge in [0.1, 0.15) is 11.7 Å². The number of nitrogens with one attached hydrogen (secondary N) is 1. The van der Waals surface area contributed by atoms with Gasteiger partial charge in [-0.3, -0.25) is 4.79 Å². The third-order valence-electron chi connectivity index (χ3n) is 2.76. The van der Waals surface area contributed by atoms with Crippen LogP contribution >= 0.6 is 11.3 Å². The van der Waals surface area contributed by atoms with Gasteiger partial charge in [-0.2, -0.15) is 0 Å². The molecule has 7 heteroatoms. The maximum atomic E-state index is 12.1. The van der Waals surface area contributed by atoms with Gasteiger partial charge in [0.05, 0.1) is 6.26 Å². The van der Waals surface area contributed by atoms with Crippen LogP contribution in [-0.2, 0) is 4.79 Å². The molecule has 0 radical (unpaired) electrons. The predicted molar refractivity (Wildman–Crippen MR) is 73.7 cm³/mol. The number of aliphatic carboxylic acids is 1. The van der Waals surface area contributed by atoms with Gasteiger partial charge in [-0.1, -0.05) is 6.92 Å². The van der Waals surface area contributed by atoms with E-state index in [1.54, 1.807) is 26.0 Å². The smallest absolute Gasteiger partial charge is 0.326 e. The minimum Gasteiger partial charge on any atom is -0.480 e. The Labute approximate surface area is 119 Å². The number of carbonyl (C=O) groups excluding carboxylic acids is 1. The first-order chi connectivity index (χ1) is 9.52. The highest BCUT2D eigenvalue weighted by Gasteiger charge is 2.22. The molecule has 0 saturated carbocycles. The minimum atomic E-state index is -1.06. The van der Waals surface area contributed by atoms with E-state index in [0.717, 1.165) is 0 Å². The van der Waals surface area contributed by atoms with Gasteiger partial charge >= 0.3 is 5.97 Å². The van der Waals surface area contributed by atoms with Gasteiger partial charge in [0.2, 0.25) is 0 Å². The Morgan fingerprint density at radius 2 is 2.30 bits per heavy atom. The van der Waals surface area contributed by atoms with Gasteiger partial charge in [0, 0.05) is 4.88 Å². The molecular formula is C13H14N2O4S. The molecule has 0 aromatic carbocycles. The molecule has 0 saturated heterocycles. The highest BCUT2D eigenvalue weighted by atomic mass is 32.1. The quantitative estimate of drug-likeness (QED) is 0.882. The summed E-state index contributed by atoms with van der Waals surface area (Å²) in [5.74, 6) is -0.951. The lowest BCUT2D eigenvalue weighted by atomic mass is 10.2. The number of furan rings is 1. The number of hydrogen-bond acceptors (Lipinski definition) is 5. The van der Waals surface area contributed by atoms with Crippen molar-refractivity contribution >= 4 is 23.2 Å². The zero-order chi connectivity index (χ0) is 14.7. The minimum absolute atomic E-state index is 0.237. The van der Waals surface area contributed by atoms with Crippen LogP contribution in [0, 0.1) is 6.92 Å². The van der Waals surface area contributed by atoms with Crippen molar-refractivity contribution in [1.82, 2.24) is 10.3 Å². The molecule has 0 bridgehead atoms. The Morgan fingerprint density at radius 3 is 2.85 bits per heavy atom. The van der Waals surface area contributed by atoms with E-state index in [2.05, 4.69) is 10.3 Å². The third-order valence-corrected chi connectivity index (χ3v) is 3.74. The Morgan fingerprint density at radius 1 is 1.55 bits per heavy atom. The summed E-state index contributed by atoms with van der Waals surface area (Å²) in [6.07, 6.45) is 1.85. The van der Waals surface area contributed by atoms with Gasteiger partial charge < -0.3 is 14.8 Å². The molecule has 0 aliphatic heterocycles. The maximum Gasteiger partial charge on any atom is 0.326 e. The molecular weight excluding hydrogens is 280 g/mol. The van der Waals surface area contributed by atoms with Crippen LogP contribution in [0.5, 0.6) is 0 Å². The first-order valence-electron chi connectivity index (χ1n) is 6.08. The molecule has 106 valence electrons. The van der Waals surface area contributed by atoms with E-state index < -0.39 is 17.9 Å². The lowest BCUT2D eigenvalue weighted by molar-refractivity contribution is -0.139. The Bertz CT molecular complexity index is 618. The molecule has 2 N–H and O–H groups in total. The standard InChI is InChI=1S/C13H14N2O4S/c1-3-8(13(17)18)14-11(16)10-7(2)20-12(15-10)9-5-4-6-19-9/h4-6,8H,3H2,1-2H3,(H,14,16)(H,17,18)/t8-/m1/s1. The Balaban J connectivity index is 2.21. The molecule has 0 aliphatic rings. The van der Waals surface area contributed by atoms with E-state index in [1.807, 2.05) is 0 Å². The number of thiazole rings is 1. The molecule has 2 aromatic rings. The van der Waals surface area contributed by atoms with Gasteiger partial charge in [0.15, 0.2) is 10.8 Å². The molecule has 2 heterocycles. The Hall–Kier alpha value is -2.15. The molecule has 2 rings (SSSR count). The Kier molecular flexibility index (Phi) is 4.19.